The van der Waals surface area contributed by atoms with E-state index in [0.717, 1.165) is 27.7 Å². The maximum absolute atomic E-state index is 14.3. The number of amides is 1. The molecule has 228 valence electrons. The molecule has 1 amide bonds. The van der Waals surface area contributed by atoms with Crippen molar-refractivity contribution in [3.63, 3.8) is 0 Å². The number of allylic oxidation sites excluding steroid dienone is 1. The van der Waals surface area contributed by atoms with Crippen molar-refractivity contribution >= 4 is 45.9 Å². The van der Waals surface area contributed by atoms with Crippen molar-refractivity contribution in [2.24, 2.45) is 4.99 Å². The summed E-state index contributed by atoms with van der Waals surface area (Å²) >= 11 is 1.27. The number of thiazole rings is 1. The highest BCUT2D eigenvalue weighted by Crippen LogP contribution is 2.32. The summed E-state index contributed by atoms with van der Waals surface area (Å²) in [5.41, 5.74) is 4.57. The first kappa shape index (κ1) is 29.8. The van der Waals surface area contributed by atoms with Gasteiger partial charge in [-0.3, -0.25) is 19.0 Å². The van der Waals surface area contributed by atoms with Crippen LogP contribution in [-0.4, -0.2) is 34.7 Å². The van der Waals surface area contributed by atoms with E-state index < -0.39 is 6.04 Å². The Hall–Kier alpha value is -5.22. The van der Waals surface area contributed by atoms with Gasteiger partial charge in [0.1, 0.15) is 12.3 Å². The van der Waals surface area contributed by atoms with Crippen LogP contribution in [0.4, 0.5) is 5.69 Å². The predicted octanol–water partition coefficient (Wildman–Crippen LogP) is 4.71. The Labute approximate surface area is 263 Å². The first-order valence-electron chi connectivity index (χ1n) is 14.6. The minimum atomic E-state index is -0.718. The molecule has 0 saturated carbocycles. The number of hydrogen-bond acceptors (Lipinski definition) is 7. The maximum Gasteiger partial charge on any atom is 0.325 e. The molecule has 6 rings (SSSR count). The van der Waals surface area contributed by atoms with Crippen LogP contribution in [0.15, 0.2) is 99.9 Å². The molecule has 0 radical (unpaired) electrons. The lowest BCUT2D eigenvalue weighted by Gasteiger charge is -2.25. The smallest absolute Gasteiger partial charge is 0.325 e. The molecule has 3 aromatic carbocycles. The van der Waals surface area contributed by atoms with Gasteiger partial charge in [0.2, 0.25) is 0 Å². The van der Waals surface area contributed by atoms with Gasteiger partial charge in [-0.1, -0.05) is 59.9 Å². The van der Waals surface area contributed by atoms with Crippen LogP contribution < -0.4 is 24.9 Å². The van der Waals surface area contributed by atoms with Crippen molar-refractivity contribution in [2.45, 2.75) is 33.4 Å². The van der Waals surface area contributed by atoms with E-state index in [-0.39, 0.29) is 24.0 Å². The zero-order chi connectivity index (χ0) is 31.7. The molecular formula is C35H32N4O5S. The summed E-state index contributed by atoms with van der Waals surface area (Å²) in [4.78, 5) is 45.8. The first-order valence-corrected chi connectivity index (χ1v) is 15.4. The van der Waals surface area contributed by atoms with Crippen LogP contribution >= 0.6 is 11.3 Å². The third kappa shape index (κ3) is 5.60. The Morgan fingerprint density at radius 1 is 1.00 bits per heavy atom. The average Bonchev–Trinajstić information content (AvgIpc) is 3.49. The van der Waals surface area contributed by atoms with Crippen LogP contribution in [0.2, 0.25) is 0 Å². The standard InChI is InChI=1S/C35H32N4O5S/c1-5-44-30(40)20-38-22(3)27(26-13-9-10-14-28(26)38)19-29-34(42)39-32(23-15-17-25(43-4)18-16-23)31(21(2)36-35(39)45-29)33(41)37-24-11-7-6-8-12-24/h6-19,32H,5,20H2,1-4H3,(H,37,41)/b29-19+/t32-/m0/s1. The van der Waals surface area contributed by atoms with Crippen molar-refractivity contribution in [2.75, 3.05) is 19.0 Å². The molecule has 2 aromatic heterocycles. The minimum absolute atomic E-state index is 0.0613. The fraction of sp³-hybridized carbons (Fsp3) is 0.200. The highest BCUT2D eigenvalue weighted by molar-refractivity contribution is 7.07. The van der Waals surface area contributed by atoms with E-state index in [0.29, 0.717) is 38.6 Å². The molecule has 0 aliphatic carbocycles. The average molecular weight is 621 g/mol. The lowest BCUT2D eigenvalue weighted by molar-refractivity contribution is -0.143. The Balaban J connectivity index is 1.52. The van der Waals surface area contributed by atoms with Crippen molar-refractivity contribution in [3.05, 3.63) is 127 Å². The molecule has 1 aliphatic rings. The van der Waals surface area contributed by atoms with Gasteiger partial charge in [0, 0.05) is 27.8 Å². The largest absolute Gasteiger partial charge is 0.497 e. The Morgan fingerprint density at radius 2 is 1.71 bits per heavy atom. The lowest BCUT2D eigenvalue weighted by atomic mass is 9.95. The normalized spacial score (nSPS) is 14.7. The minimum Gasteiger partial charge on any atom is -0.497 e. The van der Waals surface area contributed by atoms with Crippen LogP contribution in [0.3, 0.4) is 0 Å². The summed E-state index contributed by atoms with van der Waals surface area (Å²) in [6.07, 6.45) is 1.86. The monoisotopic (exact) mass is 620 g/mol. The summed E-state index contributed by atoms with van der Waals surface area (Å²) in [6.45, 7) is 5.86. The fourth-order valence-electron chi connectivity index (χ4n) is 5.74. The molecule has 1 atom stereocenters. The van der Waals surface area contributed by atoms with Gasteiger partial charge in [-0.05, 0) is 62.7 Å². The van der Waals surface area contributed by atoms with E-state index in [1.165, 1.54) is 11.3 Å². The van der Waals surface area contributed by atoms with Gasteiger partial charge in [0.15, 0.2) is 4.80 Å². The second kappa shape index (κ2) is 12.4. The van der Waals surface area contributed by atoms with E-state index in [2.05, 4.69) is 5.32 Å². The first-order chi connectivity index (χ1) is 21.8. The number of nitrogens with one attached hydrogen (secondary N) is 1. The zero-order valence-electron chi connectivity index (χ0n) is 25.4. The number of carbonyl (C=O) groups excluding carboxylic acids is 2. The Bertz CT molecular complexity index is 2140. The van der Waals surface area contributed by atoms with E-state index >= 15 is 0 Å². The summed E-state index contributed by atoms with van der Waals surface area (Å²) in [5.74, 6) is -0.00388. The van der Waals surface area contributed by atoms with Gasteiger partial charge in [-0.25, -0.2) is 4.99 Å². The number of nitrogens with zero attached hydrogens (tertiary/aromatic N) is 3. The topological polar surface area (TPSA) is 104 Å². The van der Waals surface area contributed by atoms with E-state index in [9.17, 15) is 14.4 Å². The molecule has 45 heavy (non-hydrogen) atoms. The summed E-state index contributed by atoms with van der Waals surface area (Å²) in [7, 11) is 1.59. The van der Waals surface area contributed by atoms with Gasteiger partial charge in [-0.15, -0.1) is 0 Å². The molecule has 9 nitrogen and oxygen atoms in total. The molecule has 0 bridgehead atoms. The maximum atomic E-state index is 14.3. The van der Waals surface area contributed by atoms with Crippen molar-refractivity contribution < 1.29 is 19.1 Å². The molecule has 0 unspecified atom stereocenters. The van der Waals surface area contributed by atoms with Gasteiger partial charge in [0.05, 0.1) is 35.6 Å². The predicted molar refractivity (Wildman–Crippen MR) is 175 cm³/mol. The number of aromatic nitrogens is 2. The number of ether oxygens (including phenoxy) is 2. The molecule has 0 spiro atoms. The van der Waals surface area contributed by atoms with Gasteiger partial charge >= 0.3 is 5.97 Å². The number of para-hydroxylation sites is 2. The summed E-state index contributed by atoms with van der Waals surface area (Å²) in [6, 6.07) is 23.6. The number of fused-ring (bicyclic) bond motifs is 2. The van der Waals surface area contributed by atoms with Crippen LogP contribution in [0.25, 0.3) is 17.0 Å². The third-order valence-electron chi connectivity index (χ3n) is 7.88. The van der Waals surface area contributed by atoms with Crippen molar-refractivity contribution in [1.29, 1.82) is 0 Å². The van der Waals surface area contributed by atoms with Gasteiger partial charge in [-0.2, -0.15) is 0 Å². The molecule has 5 aromatic rings. The summed E-state index contributed by atoms with van der Waals surface area (Å²) < 4.78 is 14.6. The van der Waals surface area contributed by atoms with Crippen LogP contribution in [0.5, 0.6) is 5.75 Å². The number of carbonyl (C=O) groups is 2. The second-order valence-corrected chi connectivity index (χ2v) is 11.6. The molecule has 1 aliphatic heterocycles. The SMILES string of the molecule is CCOC(=O)Cn1c(C)c(/C=c2/sc3n(c2=O)[C@@H](c2ccc(OC)cc2)C(C(=O)Nc2ccccc2)=C(C)N=3)c2ccccc21. The Morgan fingerprint density at radius 3 is 2.42 bits per heavy atom. The summed E-state index contributed by atoms with van der Waals surface area (Å²) in [5, 5.41) is 3.89. The number of hydrogen-bond donors (Lipinski definition) is 1. The Kier molecular flexibility index (Phi) is 8.23. The van der Waals surface area contributed by atoms with Crippen LogP contribution in [0.1, 0.15) is 36.7 Å². The molecule has 0 fully saturated rings. The highest BCUT2D eigenvalue weighted by atomic mass is 32.1. The van der Waals surface area contributed by atoms with E-state index in [4.69, 9.17) is 14.5 Å². The van der Waals surface area contributed by atoms with Crippen LogP contribution in [0, 0.1) is 6.92 Å². The molecule has 1 N–H and O–H groups in total. The fourth-order valence-corrected chi connectivity index (χ4v) is 6.77. The quantitative estimate of drug-likeness (QED) is 0.253. The van der Waals surface area contributed by atoms with E-state index in [1.807, 2.05) is 96.4 Å². The lowest BCUT2D eigenvalue weighted by Crippen LogP contribution is -2.40. The van der Waals surface area contributed by atoms with Crippen LogP contribution in [-0.2, 0) is 20.9 Å². The molecule has 3 heterocycles. The molecule has 0 saturated heterocycles. The zero-order valence-corrected chi connectivity index (χ0v) is 26.2. The molecular weight excluding hydrogens is 588 g/mol. The number of esters is 1. The van der Waals surface area contributed by atoms with Crippen molar-refractivity contribution in [3.8, 4) is 5.75 Å². The van der Waals surface area contributed by atoms with E-state index in [1.54, 1.807) is 25.5 Å². The molecule has 10 heteroatoms. The number of anilines is 1. The number of methoxy groups -OCH3 is 1. The number of benzene rings is 3. The van der Waals surface area contributed by atoms with Gasteiger partial charge < -0.3 is 19.4 Å². The van der Waals surface area contributed by atoms with Gasteiger partial charge in [0.25, 0.3) is 11.5 Å². The second-order valence-electron chi connectivity index (χ2n) is 10.6. The van der Waals surface area contributed by atoms with Crippen molar-refractivity contribution in [1.82, 2.24) is 9.13 Å². The third-order valence-corrected chi connectivity index (χ3v) is 8.86. The number of rotatable bonds is 8. The highest BCUT2D eigenvalue weighted by Gasteiger charge is 2.32.